The molecule has 1 unspecified atom stereocenters. The van der Waals surface area contributed by atoms with Crippen molar-refractivity contribution in [3.8, 4) is 0 Å². The predicted octanol–water partition coefficient (Wildman–Crippen LogP) is 1.33. The molecule has 12 heavy (non-hydrogen) atoms. The van der Waals surface area contributed by atoms with E-state index >= 15 is 0 Å². The largest absolute Gasteiger partial charge is 0.314 e. The second kappa shape index (κ2) is 4.83. The fourth-order valence-corrected chi connectivity index (χ4v) is 1.95. The summed E-state index contributed by atoms with van der Waals surface area (Å²) in [5.74, 6) is 0.829. The lowest BCUT2D eigenvalue weighted by Gasteiger charge is -2.33. The third-order valence-electron chi connectivity index (χ3n) is 2.59. The summed E-state index contributed by atoms with van der Waals surface area (Å²) < 4.78 is 0. The van der Waals surface area contributed by atoms with E-state index in [1.165, 1.54) is 32.6 Å². The molecular weight excluding hydrogens is 148 g/mol. The number of rotatable bonds is 3. The number of hydrogen-bond acceptors (Lipinski definition) is 2. The Morgan fingerprint density at radius 2 is 1.75 bits per heavy atom. The van der Waals surface area contributed by atoms with E-state index in [1.54, 1.807) is 0 Å². The van der Waals surface area contributed by atoms with E-state index in [2.05, 4.69) is 31.0 Å². The molecule has 1 fully saturated rings. The van der Waals surface area contributed by atoms with Crippen LogP contribution in [0.5, 0.6) is 0 Å². The molecule has 1 saturated heterocycles. The maximum absolute atomic E-state index is 3.38. The Kier molecular flexibility index (Phi) is 4.02. The van der Waals surface area contributed by atoms with Gasteiger partial charge < -0.3 is 5.32 Å². The predicted molar refractivity (Wildman–Crippen MR) is 53.4 cm³/mol. The van der Waals surface area contributed by atoms with Gasteiger partial charge in [-0.3, -0.25) is 4.90 Å². The lowest BCUT2D eigenvalue weighted by atomic mass is 10.0. The zero-order valence-electron chi connectivity index (χ0n) is 8.64. The fourth-order valence-electron chi connectivity index (χ4n) is 1.95. The Hall–Kier alpha value is -0.0800. The standard InChI is InChI=1S/C10H22N2/c1-9(2)8-10(3)12-6-4-11-5-7-12/h9-11H,4-8H2,1-3H3. The summed E-state index contributed by atoms with van der Waals surface area (Å²) in [6.07, 6.45) is 1.33. The molecule has 0 aromatic heterocycles. The van der Waals surface area contributed by atoms with Crippen molar-refractivity contribution < 1.29 is 0 Å². The monoisotopic (exact) mass is 170 g/mol. The summed E-state index contributed by atoms with van der Waals surface area (Å²) in [6, 6.07) is 0.770. The summed E-state index contributed by atoms with van der Waals surface area (Å²) in [7, 11) is 0. The number of piperazine rings is 1. The molecule has 1 aliphatic rings. The van der Waals surface area contributed by atoms with Crippen LogP contribution in [0, 0.1) is 5.92 Å². The van der Waals surface area contributed by atoms with Gasteiger partial charge >= 0.3 is 0 Å². The molecule has 1 rings (SSSR count). The van der Waals surface area contributed by atoms with E-state index < -0.39 is 0 Å². The Bertz CT molecular complexity index is 117. The van der Waals surface area contributed by atoms with E-state index in [0.29, 0.717) is 0 Å². The van der Waals surface area contributed by atoms with E-state index in [1.807, 2.05) is 0 Å². The Balaban J connectivity index is 2.24. The van der Waals surface area contributed by atoms with Gasteiger partial charge in [0.15, 0.2) is 0 Å². The normalized spacial score (nSPS) is 23.0. The van der Waals surface area contributed by atoms with Crippen molar-refractivity contribution in [1.82, 2.24) is 10.2 Å². The van der Waals surface area contributed by atoms with Crippen LogP contribution in [-0.2, 0) is 0 Å². The van der Waals surface area contributed by atoms with E-state index in [9.17, 15) is 0 Å². The maximum Gasteiger partial charge on any atom is 0.0110 e. The topological polar surface area (TPSA) is 15.3 Å². The molecule has 72 valence electrons. The van der Waals surface area contributed by atoms with Gasteiger partial charge in [-0.1, -0.05) is 13.8 Å². The van der Waals surface area contributed by atoms with Crippen molar-refractivity contribution in [2.24, 2.45) is 5.92 Å². The molecule has 0 amide bonds. The summed E-state index contributed by atoms with van der Waals surface area (Å²) in [5, 5.41) is 3.38. The van der Waals surface area contributed by atoms with Gasteiger partial charge in [0.1, 0.15) is 0 Å². The SMILES string of the molecule is CC(C)CC(C)N1CCNCC1. The van der Waals surface area contributed by atoms with Crippen molar-refractivity contribution in [2.45, 2.75) is 33.2 Å². The van der Waals surface area contributed by atoms with E-state index in [4.69, 9.17) is 0 Å². The first-order valence-electron chi connectivity index (χ1n) is 5.15. The molecule has 0 saturated carbocycles. The first kappa shape index (κ1) is 10.0. The van der Waals surface area contributed by atoms with Crippen LogP contribution >= 0.6 is 0 Å². The first-order chi connectivity index (χ1) is 5.70. The lowest BCUT2D eigenvalue weighted by Crippen LogP contribution is -2.47. The van der Waals surface area contributed by atoms with Gasteiger partial charge in [-0.05, 0) is 19.3 Å². The molecule has 0 aromatic rings. The molecule has 0 aliphatic carbocycles. The van der Waals surface area contributed by atoms with Gasteiger partial charge in [-0.15, -0.1) is 0 Å². The molecular formula is C10H22N2. The highest BCUT2D eigenvalue weighted by Gasteiger charge is 2.16. The molecule has 1 N–H and O–H groups in total. The Morgan fingerprint density at radius 3 is 2.25 bits per heavy atom. The van der Waals surface area contributed by atoms with Crippen molar-refractivity contribution in [2.75, 3.05) is 26.2 Å². The van der Waals surface area contributed by atoms with Crippen LogP contribution < -0.4 is 5.32 Å². The molecule has 1 heterocycles. The van der Waals surface area contributed by atoms with Gasteiger partial charge in [0.05, 0.1) is 0 Å². The van der Waals surface area contributed by atoms with Crippen molar-refractivity contribution in [1.29, 1.82) is 0 Å². The smallest absolute Gasteiger partial charge is 0.0110 e. The number of nitrogens with one attached hydrogen (secondary N) is 1. The second-order valence-corrected chi connectivity index (χ2v) is 4.26. The summed E-state index contributed by atoms with van der Waals surface area (Å²) in [6.45, 7) is 11.8. The van der Waals surface area contributed by atoms with Gasteiger partial charge in [0.2, 0.25) is 0 Å². The average Bonchev–Trinajstić information content (AvgIpc) is 2.05. The summed E-state index contributed by atoms with van der Waals surface area (Å²) in [4.78, 5) is 2.59. The van der Waals surface area contributed by atoms with Crippen LogP contribution in [0.3, 0.4) is 0 Å². The van der Waals surface area contributed by atoms with E-state index in [-0.39, 0.29) is 0 Å². The summed E-state index contributed by atoms with van der Waals surface area (Å²) in [5.41, 5.74) is 0. The van der Waals surface area contributed by atoms with Gasteiger partial charge in [-0.2, -0.15) is 0 Å². The third kappa shape index (κ3) is 3.11. The Morgan fingerprint density at radius 1 is 1.17 bits per heavy atom. The van der Waals surface area contributed by atoms with Crippen LogP contribution in [0.25, 0.3) is 0 Å². The quantitative estimate of drug-likeness (QED) is 0.687. The molecule has 0 bridgehead atoms. The second-order valence-electron chi connectivity index (χ2n) is 4.26. The molecule has 1 atom stereocenters. The third-order valence-corrected chi connectivity index (χ3v) is 2.59. The number of nitrogens with zero attached hydrogens (tertiary/aromatic N) is 1. The molecule has 2 nitrogen and oxygen atoms in total. The highest BCUT2D eigenvalue weighted by molar-refractivity contribution is 4.74. The first-order valence-corrected chi connectivity index (χ1v) is 5.15. The van der Waals surface area contributed by atoms with Crippen LogP contribution in [-0.4, -0.2) is 37.1 Å². The van der Waals surface area contributed by atoms with Crippen LogP contribution in [0.1, 0.15) is 27.2 Å². The van der Waals surface area contributed by atoms with Crippen LogP contribution in [0.15, 0.2) is 0 Å². The zero-order valence-corrected chi connectivity index (χ0v) is 8.64. The van der Waals surface area contributed by atoms with Gasteiger partial charge in [0, 0.05) is 32.2 Å². The molecule has 0 spiro atoms. The Labute approximate surface area is 76.3 Å². The van der Waals surface area contributed by atoms with Crippen molar-refractivity contribution >= 4 is 0 Å². The lowest BCUT2D eigenvalue weighted by molar-refractivity contribution is 0.165. The molecule has 1 aliphatic heterocycles. The van der Waals surface area contributed by atoms with Crippen LogP contribution in [0.2, 0.25) is 0 Å². The minimum Gasteiger partial charge on any atom is -0.314 e. The van der Waals surface area contributed by atoms with Crippen LogP contribution in [0.4, 0.5) is 0 Å². The van der Waals surface area contributed by atoms with Gasteiger partial charge in [-0.25, -0.2) is 0 Å². The van der Waals surface area contributed by atoms with Gasteiger partial charge in [0.25, 0.3) is 0 Å². The van der Waals surface area contributed by atoms with Crippen molar-refractivity contribution in [3.05, 3.63) is 0 Å². The highest BCUT2D eigenvalue weighted by Crippen LogP contribution is 2.11. The maximum atomic E-state index is 3.38. The van der Waals surface area contributed by atoms with E-state index in [0.717, 1.165) is 12.0 Å². The minimum absolute atomic E-state index is 0.770. The highest BCUT2D eigenvalue weighted by atomic mass is 15.2. The molecule has 0 aromatic carbocycles. The zero-order chi connectivity index (χ0) is 8.97. The average molecular weight is 170 g/mol. The minimum atomic E-state index is 0.770. The molecule has 2 heteroatoms. The molecule has 0 radical (unpaired) electrons. The van der Waals surface area contributed by atoms with Crippen molar-refractivity contribution in [3.63, 3.8) is 0 Å². The fraction of sp³-hybridized carbons (Fsp3) is 1.00. The number of hydrogen-bond donors (Lipinski definition) is 1. The summed E-state index contributed by atoms with van der Waals surface area (Å²) >= 11 is 0.